The fourth-order valence-corrected chi connectivity index (χ4v) is 3.70. The molecule has 0 amide bonds. The highest BCUT2D eigenvalue weighted by Crippen LogP contribution is 2.33. The Hall–Kier alpha value is -0.390. The molecule has 1 unspecified atom stereocenters. The van der Waals surface area contributed by atoms with E-state index < -0.39 is 18.4 Å². The summed E-state index contributed by atoms with van der Waals surface area (Å²) in [5.41, 5.74) is 0.415. The first-order chi connectivity index (χ1) is 7.38. The maximum atomic E-state index is 11.7. The molecule has 1 aromatic rings. The maximum absolute atomic E-state index is 11.7. The summed E-state index contributed by atoms with van der Waals surface area (Å²) in [6.07, 6.45) is 0. The first-order valence-electron chi connectivity index (χ1n) is 4.16. The van der Waals surface area contributed by atoms with Crippen LogP contribution >= 0.6 is 19.9 Å². The Labute approximate surface area is 99.4 Å². The van der Waals surface area contributed by atoms with Crippen LogP contribution in [0.25, 0.3) is 0 Å². The summed E-state index contributed by atoms with van der Waals surface area (Å²) >= 11 is 5.75. The van der Waals surface area contributed by atoms with Crippen molar-refractivity contribution in [3.8, 4) is 0 Å². The molecule has 5 nitrogen and oxygen atoms in total. The van der Waals surface area contributed by atoms with Gasteiger partial charge in [-0.2, -0.15) is 12.4 Å². The van der Waals surface area contributed by atoms with E-state index in [9.17, 15) is 13.0 Å². The van der Waals surface area contributed by atoms with E-state index in [-0.39, 0.29) is 9.92 Å². The Bertz CT molecular complexity index is 493. The number of rotatable bonds is 4. The normalized spacial score (nSPS) is 13.7. The Balaban J connectivity index is 3.23. The van der Waals surface area contributed by atoms with Gasteiger partial charge in [0.25, 0.3) is 0 Å². The lowest BCUT2D eigenvalue weighted by molar-refractivity contribution is 0.348. The molecule has 0 saturated heterocycles. The third-order valence-electron chi connectivity index (χ3n) is 1.76. The second-order valence-electron chi connectivity index (χ2n) is 2.88. The van der Waals surface area contributed by atoms with Crippen molar-refractivity contribution in [2.24, 2.45) is 0 Å². The summed E-state index contributed by atoms with van der Waals surface area (Å²) in [4.78, 5) is -0.188. The highest BCUT2D eigenvalue weighted by atomic mass is 35.5. The zero-order valence-electron chi connectivity index (χ0n) is 8.56. The van der Waals surface area contributed by atoms with E-state index in [0.717, 1.165) is 7.11 Å². The monoisotopic (exact) mass is 284 g/mol. The molecule has 0 radical (unpaired) electrons. The van der Waals surface area contributed by atoms with Crippen molar-refractivity contribution in [1.82, 2.24) is 0 Å². The third kappa shape index (κ3) is 3.06. The molecule has 0 aliphatic rings. The highest BCUT2D eigenvalue weighted by Gasteiger charge is 2.23. The van der Waals surface area contributed by atoms with Gasteiger partial charge in [-0.05, 0) is 18.6 Å². The van der Waals surface area contributed by atoms with Gasteiger partial charge in [-0.15, -0.1) is 0 Å². The summed E-state index contributed by atoms with van der Waals surface area (Å²) in [6, 6.07) is 4.58. The highest BCUT2D eigenvalue weighted by molar-refractivity contribution is 7.89. The molecular weight excluding hydrogens is 275 g/mol. The van der Waals surface area contributed by atoms with Gasteiger partial charge < -0.3 is 4.52 Å². The zero-order chi connectivity index (χ0) is 12.3. The van der Waals surface area contributed by atoms with Crippen LogP contribution in [0.15, 0.2) is 23.1 Å². The van der Waals surface area contributed by atoms with E-state index >= 15 is 0 Å². The van der Waals surface area contributed by atoms with Gasteiger partial charge >= 0.3 is 18.4 Å². The summed E-state index contributed by atoms with van der Waals surface area (Å²) in [5, 5.41) is 0.0194. The van der Waals surface area contributed by atoms with Gasteiger partial charge in [0.2, 0.25) is 0 Å². The fraction of sp³-hybridized carbons (Fsp3) is 0.250. The van der Waals surface area contributed by atoms with Crippen molar-refractivity contribution < 1.29 is 21.5 Å². The molecule has 90 valence electrons. The molecule has 1 rings (SSSR count). The maximum Gasteiger partial charge on any atom is 0.333 e. The van der Waals surface area contributed by atoms with Crippen molar-refractivity contribution in [1.29, 1.82) is 0 Å². The topological polar surface area (TPSA) is 69.7 Å². The standard InChI is InChI=1S/C8H10ClO5PS/c1-6-4-3-5-7(9)8(6)16(11,12)14-15(10)13-2/h3-5,15H,1-2H3. The second kappa shape index (κ2) is 5.29. The number of hydrogen-bond acceptors (Lipinski definition) is 5. The molecule has 0 aromatic heterocycles. The van der Waals surface area contributed by atoms with Crippen LogP contribution in [0.5, 0.6) is 0 Å². The summed E-state index contributed by atoms with van der Waals surface area (Å²) in [5.74, 6) is 0. The molecule has 0 aliphatic heterocycles. The first kappa shape index (κ1) is 13.7. The molecule has 1 aromatic carbocycles. The van der Waals surface area contributed by atoms with Gasteiger partial charge in [-0.25, -0.2) is 0 Å². The van der Waals surface area contributed by atoms with Crippen LogP contribution in [0.4, 0.5) is 0 Å². The number of halogens is 1. The van der Waals surface area contributed by atoms with Crippen molar-refractivity contribution in [2.75, 3.05) is 7.11 Å². The third-order valence-corrected chi connectivity index (χ3v) is 4.98. The van der Waals surface area contributed by atoms with E-state index in [1.165, 1.54) is 6.07 Å². The first-order valence-corrected chi connectivity index (χ1v) is 7.17. The van der Waals surface area contributed by atoms with Crippen LogP contribution in [-0.4, -0.2) is 15.5 Å². The minimum atomic E-state index is -4.16. The average molecular weight is 285 g/mol. The summed E-state index contributed by atoms with van der Waals surface area (Å²) in [6.45, 7) is 1.56. The van der Waals surface area contributed by atoms with Crippen molar-refractivity contribution in [2.45, 2.75) is 11.8 Å². The molecule has 0 N–H and O–H groups in total. The molecule has 0 heterocycles. The lowest BCUT2D eigenvalue weighted by atomic mass is 10.2. The Kier molecular flexibility index (Phi) is 4.52. The fourth-order valence-electron chi connectivity index (χ4n) is 1.10. The quantitative estimate of drug-likeness (QED) is 0.794. The van der Waals surface area contributed by atoms with Crippen LogP contribution in [0.1, 0.15) is 5.56 Å². The molecular formula is C8H10ClO5PS. The van der Waals surface area contributed by atoms with Crippen molar-refractivity contribution >= 4 is 30.0 Å². The van der Waals surface area contributed by atoms with Gasteiger partial charge in [0.1, 0.15) is 4.90 Å². The molecule has 8 heteroatoms. The van der Waals surface area contributed by atoms with Crippen LogP contribution in [0, 0.1) is 6.92 Å². The van der Waals surface area contributed by atoms with E-state index in [0.29, 0.717) is 5.56 Å². The van der Waals surface area contributed by atoms with Gasteiger partial charge in [0.15, 0.2) is 0 Å². The van der Waals surface area contributed by atoms with Crippen LogP contribution < -0.4 is 0 Å². The second-order valence-corrected chi connectivity index (χ2v) is 6.18. The average Bonchev–Trinajstić information content (AvgIpc) is 2.16. The molecule has 0 fully saturated rings. The van der Waals surface area contributed by atoms with Crippen LogP contribution in [-0.2, 0) is 23.2 Å². The van der Waals surface area contributed by atoms with E-state index in [1.807, 2.05) is 0 Å². The molecule has 16 heavy (non-hydrogen) atoms. The van der Waals surface area contributed by atoms with Crippen LogP contribution in [0.3, 0.4) is 0 Å². The Morgan fingerprint density at radius 1 is 1.38 bits per heavy atom. The van der Waals surface area contributed by atoms with Crippen molar-refractivity contribution in [3.05, 3.63) is 28.8 Å². The number of hydrogen-bond donors (Lipinski definition) is 0. The summed E-state index contributed by atoms with van der Waals surface area (Å²) in [7, 11) is -6.13. The van der Waals surface area contributed by atoms with Crippen molar-refractivity contribution in [3.63, 3.8) is 0 Å². The predicted octanol–water partition coefficient (Wildman–Crippen LogP) is 2.39. The lowest BCUT2D eigenvalue weighted by Gasteiger charge is -2.08. The van der Waals surface area contributed by atoms with Crippen LogP contribution in [0.2, 0.25) is 5.02 Å². The van der Waals surface area contributed by atoms with Gasteiger partial charge in [-0.1, -0.05) is 23.7 Å². The van der Waals surface area contributed by atoms with E-state index in [2.05, 4.69) is 8.49 Å². The molecule has 0 saturated carbocycles. The van der Waals surface area contributed by atoms with E-state index in [1.54, 1.807) is 19.1 Å². The minimum Gasteiger partial charge on any atom is -0.313 e. The molecule has 1 atom stereocenters. The predicted molar refractivity (Wildman–Crippen MR) is 60.5 cm³/mol. The van der Waals surface area contributed by atoms with Gasteiger partial charge in [0.05, 0.1) is 5.02 Å². The molecule has 0 bridgehead atoms. The number of benzene rings is 1. The smallest absolute Gasteiger partial charge is 0.313 e. The van der Waals surface area contributed by atoms with E-state index in [4.69, 9.17) is 11.6 Å². The van der Waals surface area contributed by atoms with Gasteiger partial charge in [-0.3, -0.25) is 4.57 Å². The molecule has 0 aliphatic carbocycles. The largest absolute Gasteiger partial charge is 0.333 e. The number of aryl methyl sites for hydroxylation is 1. The Morgan fingerprint density at radius 3 is 2.50 bits per heavy atom. The summed E-state index contributed by atoms with van der Waals surface area (Å²) < 4.78 is 42.9. The Morgan fingerprint density at radius 2 is 2.00 bits per heavy atom. The lowest BCUT2D eigenvalue weighted by Crippen LogP contribution is -2.05. The minimum absolute atomic E-state index is 0.0194. The molecule has 0 spiro atoms. The van der Waals surface area contributed by atoms with Gasteiger partial charge in [0, 0.05) is 7.11 Å². The SMILES string of the molecule is CO[PH](=O)OS(=O)(=O)c1c(C)cccc1Cl. The zero-order valence-corrected chi connectivity index (χ0v) is 11.1.